The molecule has 1 N–H and O–H groups in total. The Balaban J connectivity index is 2.05. The smallest absolute Gasteiger partial charge is 0.0631 e. The molecule has 96 valence electrons. The lowest BCUT2D eigenvalue weighted by Gasteiger charge is -2.26. The summed E-state index contributed by atoms with van der Waals surface area (Å²) in [5.74, 6) is 0.696. The van der Waals surface area contributed by atoms with Crippen LogP contribution in [0, 0.1) is 11.3 Å². The Morgan fingerprint density at radius 3 is 2.82 bits per heavy atom. The van der Waals surface area contributed by atoms with Crippen LogP contribution in [-0.4, -0.2) is 21.5 Å². The highest BCUT2D eigenvalue weighted by atomic mass is 16.3. The van der Waals surface area contributed by atoms with Gasteiger partial charge in [0, 0.05) is 18.8 Å². The molecule has 2 unspecified atom stereocenters. The largest absolute Gasteiger partial charge is 0.396 e. The van der Waals surface area contributed by atoms with Gasteiger partial charge in [-0.25, -0.2) is 0 Å². The van der Waals surface area contributed by atoms with Crippen molar-refractivity contribution in [3.05, 3.63) is 18.0 Å². The van der Waals surface area contributed by atoms with E-state index < -0.39 is 0 Å². The van der Waals surface area contributed by atoms with Crippen LogP contribution in [0.1, 0.15) is 51.8 Å². The van der Waals surface area contributed by atoms with Crippen molar-refractivity contribution < 1.29 is 5.11 Å². The van der Waals surface area contributed by atoms with Gasteiger partial charge in [0.1, 0.15) is 0 Å². The first-order valence-electron chi connectivity index (χ1n) is 6.74. The van der Waals surface area contributed by atoms with Gasteiger partial charge in [-0.15, -0.1) is 0 Å². The molecule has 3 nitrogen and oxygen atoms in total. The fraction of sp³-hybridized carbons (Fsp3) is 0.786. The zero-order valence-corrected chi connectivity index (χ0v) is 11.2. The maximum atomic E-state index is 9.58. The second-order valence-electron chi connectivity index (χ2n) is 5.81. The third kappa shape index (κ3) is 2.71. The standard InChI is InChI=1S/C14H24N2O/c1-4-11(2)16-8-7-13(15-16)9-14(3,10-17)12-5-6-12/h7-8,11-12,17H,4-6,9-10H2,1-3H3. The highest BCUT2D eigenvalue weighted by Gasteiger charge is 2.41. The van der Waals surface area contributed by atoms with E-state index in [2.05, 4.69) is 38.1 Å². The molecule has 1 fully saturated rings. The Hall–Kier alpha value is -0.830. The molecule has 0 radical (unpaired) electrons. The van der Waals surface area contributed by atoms with Gasteiger partial charge in [-0.3, -0.25) is 4.68 Å². The van der Waals surface area contributed by atoms with Crippen LogP contribution in [0.3, 0.4) is 0 Å². The number of aliphatic hydroxyl groups excluding tert-OH is 1. The lowest BCUT2D eigenvalue weighted by atomic mass is 9.81. The predicted molar refractivity (Wildman–Crippen MR) is 68.8 cm³/mol. The molecule has 2 atom stereocenters. The van der Waals surface area contributed by atoms with Crippen molar-refractivity contribution in [2.24, 2.45) is 11.3 Å². The Bertz CT molecular complexity index is 370. The Kier molecular flexibility index (Phi) is 3.57. The minimum absolute atomic E-state index is 0.0363. The van der Waals surface area contributed by atoms with Crippen LogP contribution in [0.15, 0.2) is 12.3 Å². The van der Waals surface area contributed by atoms with Gasteiger partial charge in [0.25, 0.3) is 0 Å². The van der Waals surface area contributed by atoms with Gasteiger partial charge in [-0.2, -0.15) is 5.10 Å². The van der Waals surface area contributed by atoms with Crippen molar-refractivity contribution in [3.63, 3.8) is 0 Å². The number of hydrogen-bond acceptors (Lipinski definition) is 2. The summed E-state index contributed by atoms with van der Waals surface area (Å²) in [5.41, 5.74) is 1.16. The molecule has 1 aromatic heterocycles. The van der Waals surface area contributed by atoms with Crippen molar-refractivity contribution in [1.29, 1.82) is 0 Å². The zero-order chi connectivity index (χ0) is 12.5. The van der Waals surface area contributed by atoms with Gasteiger partial charge in [0.05, 0.1) is 5.69 Å². The van der Waals surface area contributed by atoms with E-state index in [0.717, 1.165) is 18.5 Å². The molecule has 1 saturated carbocycles. The highest BCUT2D eigenvalue weighted by molar-refractivity contribution is 5.06. The summed E-state index contributed by atoms with van der Waals surface area (Å²) in [6.45, 7) is 6.82. The second-order valence-corrected chi connectivity index (χ2v) is 5.81. The minimum atomic E-state index is 0.0363. The number of nitrogens with zero attached hydrogens (tertiary/aromatic N) is 2. The van der Waals surface area contributed by atoms with Crippen molar-refractivity contribution in [2.45, 2.75) is 52.5 Å². The first-order chi connectivity index (χ1) is 8.09. The van der Waals surface area contributed by atoms with E-state index in [1.165, 1.54) is 12.8 Å². The topological polar surface area (TPSA) is 38.0 Å². The molecular formula is C14H24N2O. The first-order valence-corrected chi connectivity index (χ1v) is 6.74. The SMILES string of the molecule is CCC(C)n1ccc(CC(C)(CO)C2CC2)n1. The minimum Gasteiger partial charge on any atom is -0.396 e. The molecule has 1 aromatic rings. The van der Waals surface area contributed by atoms with E-state index >= 15 is 0 Å². The average molecular weight is 236 g/mol. The molecule has 17 heavy (non-hydrogen) atoms. The molecule has 0 aliphatic heterocycles. The van der Waals surface area contributed by atoms with Crippen molar-refractivity contribution >= 4 is 0 Å². The van der Waals surface area contributed by atoms with Gasteiger partial charge in [0.15, 0.2) is 0 Å². The molecule has 2 rings (SSSR count). The molecule has 0 saturated heterocycles. The van der Waals surface area contributed by atoms with Gasteiger partial charge < -0.3 is 5.11 Å². The highest BCUT2D eigenvalue weighted by Crippen LogP contribution is 2.46. The summed E-state index contributed by atoms with van der Waals surface area (Å²) in [6.07, 6.45) is 6.60. The van der Waals surface area contributed by atoms with Crippen molar-refractivity contribution in [3.8, 4) is 0 Å². The maximum absolute atomic E-state index is 9.58. The quantitative estimate of drug-likeness (QED) is 0.824. The summed E-state index contributed by atoms with van der Waals surface area (Å²) in [7, 11) is 0. The molecule has 1 heterocycles. The summed E-state index contributed by atoms with van der Waals surface area (Å²) in [5, 5.41) is 14.2. The fourth-order valence-electron chi connectivity index (χ4n) is 2.43. The molecule has 0 bridgehead atoms. The number of rotatable bonds is 6. The van der Waals surface area contributed by atoms with Crippen LogP contribution >= 0.6 is 0 Å². The molecular weight excluding hydrogens is 212 g/mol. The molecule has 0 amide bonds. The van der Waals surface area contributed by atoms with E-state index in [0.29, 0.717) is 12.0 Å². The van der Waals surface area contributed by atoms with Crippen LogP contribution in [0.4, 0.5) is 0 Å². The normalized spacial score (nSPS) is 21.2. The third-order valence-corrected chi connectivity index (χ3v) is 4.22. The molecule has 3 heteroatoms. The van der Waals surface area contributed by atoms with Crippen molar-refractivity contribution in [1.82, 2.24) is 9.78 Å². The summed E-state index contributed by atoms with van der Waals surface area (Å²) >= 11 is 0. The lowest BCUT2D eigenvalue weighted by Crippen LogP contribution is -2.27. The zero-order valence-electron chi connectivity index (χ0n) is 11.2. The van der Waals surface area contributed by atoms with E-state index in [1.807, 2.05) is 4.68 Å². The van der Waals surface area contributed by atoms with E-state index in [1.54, 1.807) is 0 Å². The first kappa shape index (κ1) is 12.6. The summed E-state index contributed by atoms with van der Waals surface area (Å²) in [6, 6.07) is 2.56. The predicted octanol–water partition coefficient (Wildman–Crippen LogP) is 2.81. The second kappa shape index (κ2) is 4.81. The van der Waals surface area contributed by atoms with Crippen molar-refractivity contribution in [2.75, 3.05) is 6.61 Å². The van der Waals surface area contributed by atoms with Gasteiger partial charge in [-0.1, -0.05) is 13.8 Å². The van der Waals surface area contributed by atoms with Gasteiger partial charge in [0.2, 0.25) is 0 Å². The monoisotopic (exact) mass is 236 g/mol. The van der Waals surface area contributed by atoms with E-state index in [-0.39, 0.29) is 12.0 Å². The van der Waals surface area contributed by atoms with Crippen LogP contribution in [0.5, 0.6) is 0 Å². The average Bonchev–Trinajstić information content (AvgIpc) is 3.10. The third-order valence-electron chi connectivity index (χ3n) is 4.22. The molecule has 0 spiro atoms. The Labute approximate surface area is 104 Å². The van der Waals surface area contributed by atoms with Gasteiger partial charge >= 0.3 is 0 Å². The number of aromatic nitrogens is 2. The van der Waals surface area contributed by atoms with E-state index in [9.17, 15) is 5.11 Å². The molecule has 1 aliphatic rings. The number of aliphatic hydroxyl groups is 1. The van der Waals surface area contributed by atoms with E-state index in [4.69, 9.17) is 0 Å². The Morgan fingerprint density at radius 2 is 2.29 bits per heavy atom. The van der Waals surface area contributed by atoms with Gasteiger partial charge in [-0.05, 0) is 50.0 Å². The fourth-order valence-corrected chi connectivity index (χ4v) is 2.43. The van der Waals surface area contributed by atoms with Crippen LogP contribution in [0.2, 0.25) is 0 Å². The summed E-state index contributed by atoms with van der Waals surface area (Å²) < 4.78 is 2.04. The molecule has 1 aliphatic carbocycles. The Morgan fingerprint density at radius 1 is 1.59 bits per heavy atom. The lowest BCUT2D eigenvalue weighted by molar-refractivity contribution is 0.118. The number of hydrogen-bond donors (Lipinski definition) is 1. The van der Waals surface area contributed by atoms with Crippen LogP contribution in [0.25, 0.3) is 0 Å². The van der Waals surface area contributed by atoms with Crippen LogP contribution in [-0.2, 0) is 6.42 Å². The molecule has 0 aromatic carbocycles. The summed E-state index contributed by atoms with van der Waals surface area (Å²) in [4.78, 5) is 0. The van der Waals surface area contributed by atoms with Crippen LogP contribution < -0.4 is 0 Å². The maximum Gasteiger partial charge on any atom is 0.0631 e.